The van der Waals surface area contributed by atoms with Gasteiger partial charge in [-0.3, -0.25) is 37.3 Å². The van der Waals surface area contributed by atoms with E-state index in [0.29, 0.717) is 31.6 Å². The zero-order valence-corrected chi connectivity index (χ0v) is 61.6. The molecule has 0 amide bonds. The summed E-state index contributed by atoms with van der Waals surface area (Å²) in [6.45, 7) is 9.49. The summed E-state index contributed by atoms with van der Waals surface area (Å²) in [6, 6.07) is 0. The van der Waals surface area contributed by atoms with E-state index in [-0.39, 0.29) is 25.7 Å². The molecule has 0 fully saturated rings. The molecule has 3 N–H and O–H groups in total. The fourth-order valence-corrected chi connectivity index (χ4v) is 12.7. The maximum atomic E-state index is 13.1. The van der Waals surface area contributed by atoms with E-state index >= 15 is 0 Å². The summed E-state index contributed by atoms with van der Waals surface area (Å²) in [4.78, 5) is 72.6. The van der Waals surface area contributed by atoms with E-state index in [1.807, 2.05) is 0 Å². The number of aliphatic hydroxyl groups is 1. The Balaban J connectivity index is 5.23. The average molecular weight is 1350 g/mol. The van der Waals surface area contributed by atoms with E-state index in [0.717, 1.165) is 102 Å². The number of rotatable bonds is 72. The van der Waals surface area contributed by atoms with Crippen molar-refractivity contribution < 1.29 is 80.2 Å². The Morgan fingerprint density at radius 2 is 0.554 bits per heavy atom. The van der Waals surface area contributed by atoms with Gasteiger partial charge in [0.1, 0.15) is 19.3 Å². The van der Waals surface area contributed by atoms with Gasteiger partial charge in [-0.1, -0.05) is 324 Å². The molecule has 0 aliphatic rings. The molecule has 0 heterocycles. The lowest BCUT2D eigenvalue weighted by Crippen LogP contribution is -2.30. The minimum Gasteiger partial charge on any atom is -0.462 e. The van der Waals surface area contributed by atoms with E-state index in [4.69, 9.17) is 37.0 Å². The van der Waals surface area contributed by atoms with Crippen molar-refractivity contribution in [3.63, 3.8) is 0 Å². The van der Waals surface area contributed by atoms with Crippen molar-refractivity contribution in [1.82, 2.24) is 0 Å². The fourth-order valence-electron chi connectivity index (χ4n) is 11.1. The number of aliphatic hydroxyl groups excluding tert-OH is 1. The maximum Gasteiger partial charge on any atom is 0.472 e. The average Bonchev–Trinajstić information content (AvgIpc) is 3.52. The number of carbonyl (C=O) groups excluding carboxylic acids is 4. The molecule has 0 rings (SSSR count). The molecule has 0 aromatic heterocycles. The smallest absolute Gasteiger partial charge is 0.462 e. The van der Waals surface area contributed by atoms with Crippen LogP contribution < -0.4 is 0 Å². The Labute approximate surface area is 562 Å². The van der Waals surface area contributed by atoms with E-state index in [2.05, 4.69) is 41.5 Å². The van der Waals surface area contributed by atoms with Crippen molar-refractivity contribution in [2.24, 2.45) is 11.8 Å². The number of hydrogen-bond donors (Lipinski definition) is 3. The molecular formula is C73H142O17P2. The van der Waals surface area contributed by atoms with E-state index in [1.165, 1.54) is 186 Å². The summed E-state index contributed by atoms with van der Waals surface area (Å²) in [5.74, 6) is -0.673. The molecule has 92 heavy (non-hydrogen) atoms. The molecular weight excluding hydrogens is 1210 g/mol. The van der Waals surface area contributed by atoms with Gasteiger partial charge in [-0.15, -0.1) is 0 Å². The minimum absolute atomic E-state index is 0.104. The van der Waals surface area contributed by atoms with Gasteiger partial charge < -0.3 is 33.8 Å². The number of esters is 4. The SMILES string of the molecule is CCCCCCCCCCCCCCCCCCCCC(=O)O[C@H](COC(=O)CCCCCCCCCCCCCCC)COP(=O)(O)OC[C@@H](O)COP(=O)(O)OC[C@@H](COC(=O)CCCCCCCCC(C)C)OC(=O)CCCCCCCCCCC(C)CC. The van der Waals surface area contributed by atoms with Crippen LogP contribution in [0.4, 0.5) is 0 Å². The minimum atomic E-state index is -4.95. The topological polar surface area (TPSA) is 237 Å². The molecule has 0 aromatic rings. The first kappa shape index (κ1) is 90.1. The van der Waals surface area contributed by atoms with Crippen molar-refractivity contribution >= 4 is 39.5 Å². The highest BCUT2D eigenvalue weighted by Crippen LogP contribution is 2.45. The van der Waals surface area contributed by atoms with Crippen LogP contribution in [-0.2, 0) is 65.4 Å². The second-order valence-electron chi connectivity index (χ2n) is 27.1. The lowest BCUT2D eigenvalue weighted by molar-refractivity contribution is -0.161. The molecule has 0 radical (unpaired) electrons. The number of phosphoric ester groups is 2. The lowest BCUT2D eigenvalue weighted by Gasteiger charge is -2.21. The molecule has 0 saturated heterocycles. The molecule has 17 nitrogen and oxygen atoms in total. The first-order valence-corrected chi connectivity index (χ1v) is 41.0. The molecule has 546 valence electrons. The van der Waals surface area contributed by atoms with Crippen molar-refractivity contribution in [2.75, 3.05) is 39.6 Å². The fraction of sp³-hybridized carbons (Fsp3) is 0.945. The third-order valence-corrected chi connectivity index (χ3v) is 19.2. The van der Waals surface area contributed by atoms with Gasteiger partial charge in [-0.25, -0.2) is 9.13 Å². The van der Waals surface area contributed by atoms with Gasteiger partial charge in [0.2, 0.25) is 0 Å². The Morgan fingerprint density at radius 3 is 0.826 bits per heavy atom. The first-order chi connectivity index (χ1) is 44.4. The summed E-state index contributed by atoms with van der Waals surface area (Å²) in [7, 11) is -9.90. The molecule has 0 bridgehead atoms. The summed E-state index contributed by atoms with van der Waals surface area (Å²) < 4.78 is 68.4. The van der Waals surface area contributed by atoms with Gasteiger partial charge in [0.15, 0.2) is 12.2 Å². The van der Waals surface area contributed by atoms with Gasteiger partial charge in [0.05, 0.1) is 26.4 Å². The van der Waals surface area contributed by atoms with E-state index < -0.39 is 97.5 Å². The van der Waals surface area contributed by atoms with Crippen molar-refractivity contribution in [1.29, 1.82) is 0 Å². The Kier molecular flexibility index (Phi) is 63.7. The van der Waals surface area contributed by atoms with Gasteiger partial charge in [0, 0.05) is 25.7 Å². The molecule has 0 aliphatic heterocycles. The van der Waals surface area contributed by atoms with Crippen molar-refractivity contribution in [3.05, 3.63) is 0 Å². The van der Waals surface area contributed by atoms with Crippen LogP contribution in [0.2, 0.25) is 0 Å². The van der Waals surface area contributed by atoms with E-state index in [1.54, 1.807) is 0 Å². The van der Waals surface area contributed by atoms with Crippen LogP contribution in [0, 0.1) is 11.8 Å². The van der Waals surface area contributed by atoms with Crippen LogP contribution in [0.3, 0.4) is 0 Å². The molecule has 6 atom stereocenters. The highest BCUT2D eigenvalue weighted by Gasteiger charge is 2.30. The third kappa shape index (κ3) is 65.4. The molecule has 3 unspecified atom stereocenters. The van der Waals surface area contributed by atoms with Crippen LogP contribution >= 0.6 is 15.6 Å². The number of unbranched alkanes of at least 4 members (excludes halogenated alkanes) is 41. The van der Waals surface area contributed by atoms with Gasteiger partial charge in [0.25, 0.3) is 0 Å². The summed E-state index contributed by atoms with van der Waals surface area (Å²) >= 11 is 0. The quantitative estimate of drug-likeness (QED) is 0.0222. The Morgan fingerprint density at radius 1 is 0.315 bits per heavy atom. The highest BCUT2D eigenvalue weighted by atomic mass is 31.2. The maximum absolute atomic E-state index is 13.1. The van der Waals surface area contributed by atoms with Crippen LogP contribution in [0.1, 0.15) is 375 Å². The lowest BCUT2D eigenvalue weighted by atomic mass is 9.99. The largest absolute Gasteiger partial charge is 0.472 e. The number of ether oxygens (including phenoxy) is 4. The number of carbonyl (C=O) groups is 4. The Hall–Kier alpha value is -1.94. The van der Waals surface area contributed by atoms with Gasteiger partial charge in [-0.2, -0.15) is 0 Å². The van der Waals surface area contributed by atoms with Gasteiger partial charge >= 0.3 is 39.5 Å². The second kappa shape index (κ2) is 65.0. The Bertz CT molecular complexity index is 1790. The first-order valence-electron chi connectivity index (χ1n) is 38.0. The standard InChI is InChI=1S/C73H142O17P2/c1-7-10-12-14-16-18-20-22-23-24-25-26-28-30-32-37-45-51-57-72(77)89-68(61-83-70(75)55-49-43-36-31-29-27-21-19-17-15-13-11-8-2)63-87-91(79,80)85-59-67(74)60-86-92(81,82)88-64-69(62-84-71(76)56-50-44-40-39-41-47-53-65(4)5)90-73(78)58-52-46-38-34-33-35-42-48-54-66(6)9-3/h65-69,74H,7-64H2,1-6H3,(H,79,80)(H,81,82)/t66?,67-,68-,69-/m1/s1. The monoisotopic (exact) mass is 1350 g/mol. The summed E-state index contributed by atoms with van der Waals surface area (Å²) in [5.41, 5.74) is 0. The van der Waals surface area contributed by atoms with E-state index in [9.17, 15) is 43.2 Å². The summed E-state index contributed by atoms with van der Waals surface area (Å²) in [6.07, 6.45) is 51.4. The summed E-state index contributed by atoms with van der Waals surface area (Å²) in [5, 5.41) is 10.6. The highest BCUT2D eigenvalue weighted by molar-refractivity contribution is 7.47. The number of hydrogen-bond acceptors (Lipinski definition) is 15. The molecule has 0 aromatic carbocycles. The van der Waals surface area contributed by atoms with Crippen molar-refractivity contribution in [2.45, 2.75) is 394 Å². The predicted molar refractivity (Wildman–Crippen MR) is 372 cm³/mol. The van der Waals surface area contributed by atoms with Crippen LogP contribution in [0.25, 0.3) is 0 Å². The van der Waals surface area contributed by atoms with Crippen molar-refractivity contribution in [3.8, 4) is 0 Å². The van der Waals surface area contributed by atoms with Gasteiger partial charge in [-0.05, 0) is 37.5 Å². The molecule has 0 aliphatic carbocycles. The van der Waals surface area contributed by atoms with Crippen LogP contribution in [0.5, 0.6) is 0 Å². The second-order valence-corrected chi connectivity index (χ2v) is 30.0. The zero-order chi connectivity index (χ0) is 67.9. The molecule has 0 spiro atoms. The normalized spacial score (nSPS) is 14.4. The number of phosphoric acid groups is 2. The van der Waals surface area contributed by atoms with Crippen LogP contribution in [-0.4, -0.2) is 96.7 Å². The third-order valence-electron chi connectivity index (χ3n) is 17.3. The van der Waals surface area contributed by atoms with Crippen LogP contribution in [0.15, 0.2) is 0 Å². The molecule has 19 heteroatoms. The zero-order valence-electron chi connectivity index (χ0n) is 59.9. The molecule has 0 saturated carbocycles. The predicted octanol–water partition coefficient (Wildman–Crippen LogP) is 21.2.